The number of aromatic nitrogens is 1. The second-order valence-electron chi connectivity index (χ2n) is 10.0. The third-order valence-electron chi connectivity index (χ3n) is 7.13. The summed E-state index contributed by atoms with van der Waals surface area (Å²) in [7, 11) is -4.55. The second kappa shape index (κ2) is 11.7. The van der Waals surface area contributed by atoms with Crippen LogP contribution in [0.5, 0.6) is 0 Å². The van der Waals surface area contributed by atoms with Gasteiger partial charge in [0.1, 0.15) is 11.6 Å². The van der Waals surface area contributed by atoms with Gasteiger partial charge in [0.2, 0.25) is 10.0 Å². The number of carbonyl (C=O) groups excluding carboxylic acids is 1. The van der Waals surface area contributed by atoms with Crippen molar-refractivity contribution in [3.63, 3.8) is 0 Å². The minimum absolute atomic E-state index is 0.0190. The number of sulfonamides is 1. The molecule has 4 rings (SSSR count). The Bertz CT molecular complexity index is 1480. The predicted molar refractivity (Wildman–Crippen MR) is 143 cm³/mol. The van der Waals surface area contributed by atoms with Crippen LogP contribution in [0.15, 0.2) is 41.3 Å². The number of hydrogen-bond acceptors (Lipinski definition) is 8. The van der Waals surface area contributed by atoms with E-state index in [1.165, 1.54) is 18.2 Å². The van der Waals surface area contributed by atoms with Crippen molar-refractivity contribution in [2.24, 2.45) is 5.92 Å². The van der Waals surface area contributed by atoms with Crippen LogP contribution in [0, 0.1) is 5.92 Å². The molecule has 0 radical (unpaired) electrons. The zero-order valence-corrected chi connectivity index (χ0v) is 23.2. The highest BCUT2D eigenvalue weighted by molar-refractivity contribution is 7.89. The lowest BCUT2D eigenvalue weighted by molar-refractivity contribution is -0.147. The van der Waals surface area contributed by atoms with Crippen LogP contribution in [0.4, 0.5) is 13.2 Å². The van der Waals surface area contributed by atoms with E-state index in [0.29, 0.717) is 33.9 Å². The summed E-state index contributed by atoms with van der Waals surface area (Å²) < 4.78 is 67.0. The Labute approximate surface area is 233 Å². The number of fused-ring (bicyclic) bond motifs is 1. The Balaban J connectivity index is 1.80. The molecule has 1 aliphatic rings. The monoisotopic (exact) mass is 601 g/mol. The average molecular weight is 602 g/mol. The molecule has 1 heterocycles. The molecule has 14 heteroatoms. The van der Waals surface area contributed by atoms with Crippen LogP contribution in [0.3, 0.4) is 0 Å². The molecule has 0 spiro atoms. The topological polar surface area (TPSA) is 149 Å². The summed E-state index contributed by atoms with van der Waals surface area (Å²) in [6.07, 6.45) is -1.16. The summed E-state index contributed by atoms with van der Waals surface area (Å²) in [6.45, 7) is -1.40. The van der Waals surface area contributed by atoms with Gasteiger partial charge in [-0.1, -0.05) is 49.6 Å². The number of nitrogens with zero attached hydrogens (tertiary/aromatic N) is 1. The van der Waals surface area contributed by atoms with Crippen LogP contribution in [0.2, 0.25) is 0 Å². The summed E-state index contributed by atoms with van der Waals surface area (Å²) in [5, 5.41) is 31.9. The fraction of sp³-hybridized carbons (Fsp3) is 0.462. The molecule has 0 saturated heterocycles. The summed E-state index contributed by atoms with van der Waals surface area (Å²) in [6, 6.07) is 6.85. The molecule has 1 fully saturated rings. The number of rotatable bonds is 11. The van der Waals surface area contributed by atoms with Gasteiger partial charge >= 0.3 is 6.18 Å². The maximum Gasteiger partial charge on any atom is 0.404 e. The first-order valence-electron chi connectivity index (χ1n) is 12.6. The number of nitrogens with one attached hydrogen (secondary N) is 2. The number of amides is 1. The van der Waals surface area contributed by atoms with Gasteiger partial charge in [-0.25, -0.2) is 13.4 Å². The molecule has 40 heavy (non-hydrogen) atoms. The first-order valence-corrected chi connectivity index (χ1v) is 14.9. The molecular formula is C26H30F3N3O6S2. The standard InChI is InChI=1S/C26H30F3N3O6S2/c1-15(26(27,28)29)32-40(37,38)21-10-9-19(17-7-2-3-8-18(17)21)22-20(11-16-5-4-6-16)30-24(39-22)23(36)31-25(12-33,13-34)14-35/h2-3,7-10,15-16,32-35H,4-6,11-14H2,1H3,(H,31,36). The molecule has 1 unspecified atom stereocenters. The first kappa shape index (κ1) is 30.3. The maximum atomic E-state index is 13.1. The van der Waals surface area contributed by atoms with E-state index in [1.807, 2.05) is 0 Å². The number of aliphatic hydroxyl groups excluding tert-OH is 3. The molecule has 1 atom stereocenters. The highest BCUT2D eigenvalue weighted by Gasteiger charge is 2.39. The average Bonchev–Trinajstić information content (AvgIpc) is 3.32. The van der Waals surface area contributed by atoms with E-state index in [1.54, 1.807) is 22.9 Å². The number of carbonyl (C=O) groups is 1. The van der Waals surface area contributed by atoms with Crippen LogP contribution >= 0.6 is 11.3 Å². The van der Waals surface area contributed by atoms with E-state index < -0.39 is 53.5 Å². The van der Waals surface area contributed by atoms with E-state index in [-0.39, 0.29) is 15.3 Å². The summed E-state index contributed by atoms with van der Waals surface area (Å²) in [5.41, 5.74) is -0.491. The molecule has 1 aliphatic carbocycles. The van der Waals surface area contributed by atoms with Crippen LogP contribution in [0.25, 0.3) is 21.2 Å². The third-order valence-corrected chi connectivity index (χ3v) is 9.85. The van der Waals surface area contributed by atoms with Crippen LogP contribution in [0.1, 0.15) is 41.7 Å². The third kappa shape index (κ3) is 6.16. The van der Waals surface area contributed by atoms with E-state index >= 15 is 0 Å². The molecule has 1 saturated carbocycles. The largest absolute Gasteiger partial charge is 0.404 e. The lowest BCUT2D eigenvalue weighted by atomic mass is 9.81. The molecule has 0 bridgehead atoms. The summed E-state index contributed by atoms with van der Waals surface area (Å²) in [4.78, 5) is 17.9. The molecule has 9 nitrogen and oxygen atoms in total. The van der Waals surface area contributed by atoms with E-state index in [2.05, 4.69) is 10.3 Å². The van der Waals surface area contributed by atoms with Gasteiger partial charge in [-0.3, -0.25) is 4.79 Å². The van der Waals surface area contributed by atoms with Crippen molar-refractivity contribution < 1.29 is 41.7 Å². The number of hydrogen-bond donors (Lipinski definition) is 5. The highest BCUT2D eigenvalue weighted by Crippen LogP contribution is 2.40. The van der Waals surface area contributed by atoms with Gasteiger partial charge < -0.3 is 20.6 Å². The quantitative estimate of drug-likeness (QED) is 0.227. The van der Waals surface area contributed by atoms with Crippen molar-refractivity contribution in [2.75, 3.05) is 19.8 Å². The van der Waals surface area contributed by atoms with Crippen LogP contribution < -0.4 is 10.0 Å². The Morgan fingerprint density at radius 1 is 1.07 bits per heavy atom. The lowest BCUT2D eigenvalue weighted by Crippen LogP contribution is -2.57. The number of aliphatic hydroxyl groups is 3. The van der Waals surface area contributed by atoms with Crippen molar-refractivity contribution in [3.8, 4) is 10.4 Å². The fourth-order valence-electron chi connectivity index (χ4n) is 4.40. The van der Waals surface area contributed by atoms with Crippen molar-refractivity contribution in [2.45, 2.75) is 55.3 Å². The van der Waals surface area contributed by atoms with Gasteiger partial charge in [0, 0.05) is 10.9 Å². The molecule has 2 aromatic carbocycles. The van der Waals surface area contributed by atoms with Crippen LogP contribution in [-0.4, -0.2) is 72.2 Å². The molecule has 218 valence electrons. The fourth-order valence-corrected chi connectivity index (χ4v) is 6.87. The number of alkyl halides is 3. The van der Waals surface area contributed by atoms with Gasteiger partial charge in [0.15, 0.2) is 5.01 Å². The van der Waals surface area contributed by atoms with Crippen molar-refractivity contribution in [3.05, 3.63) is 47.1 Å². The molecule has 5 N–H and O–H groups in total. The van der Waals surface area contributed by atoms with E-state index in [4.69, 9.17) is 0 Å². The van der Waals surface area contributed by atoms with Gasteiger partial charge in [0.05, 0.1) is 35.3 Å². The normalized spacial score (nSPS) is 15.7. The summed E-state index contributed by atoms with van der Waals surface area (Å²) in [5.74, 6) is -0.362. The van der Waals surface area contributed by atoms with Crippen molar-refractivity contribution in [1.82, 2.24) is 15.0 Å². The Morgan fingerprint density at radius 2 is 1.70 bits per heavy atom. The van der Waals surface area contributed by atoms with Gasteiger partial charge in [0.25, 0.3) is 5.91 Å². The molecular weight excluding hydrogens is 571 g/mol. The van der Waals surface area contributed by atoms with E-state index in [9.17, 15) is 41.7 Å². The summed E-state index contributed by atoms with van der Waals surface area (Å²) >= 11 is 1.03. The Morgan fingerprint density at radius 3 is 2.25 bits per heavy atom. The Kier molecular flexibility index (Phi) is 8.88. The predicted octanol–water partition coefficient (Wildman–Crippen LogP) is 2.98. The zero-order valence-electron chi connectivity index (χ0n) is 21.5. The van der Waals surface area contributed by atoms with Crippen molar-refractivity contribution in [1.29, 1.82) is 0 Å². The zero-order chi connectivity index (χ0) is 29.3. The molecule has 0 aliphatic heterocycles. The first-order chi connectivity index (χ1) is 18.8. The number of thiazole rings is 1. The SMILES string of the molecule is CC(NS(=O)(=O)c1ccc(-c2sc(C(=O)NC(CO)(CO)CO)nc2CC2CCC2)c2ccccc12)C(F)(F)F. The number of halogens is 3. The van der Waals surface area contributed by atoms with E-state index in [0.717, 1.165) is 37.5 Å². The molecule has 1 amide bonds. The highest BCUT2D eigenvalue weighted by atomic mass is 32.2. The molecule has 3 aromatic rings. The minimum atomic E-state index is -4.77. The van der Waals surface area contributed by atoms with Crippen molar-refractivity contribution >= 4 is 38.0 Å². The van der Waals surface area contributed by atoms with Gasteiger partial charge in [-0.2, -0.15) is 17.9 Å². The molecule has 1 aromatic heterocycles. The van der Waals surface area contributed by atoms with Gasteiger partial charge in [-0.15, -0.1) is 11.3 Å². The van der Waals surface area contributed by atoms with Crippen LogP contribution in [-0.2, 0) is 16.4 Å². The smallest absolute Gasteiger partial charge is 0.394 e. The maximum absolute atomic E-state index is 13.1. The minimum Gasteiger partial charge on any atom is -0.394 e. The lowest BCUT2D eigenvalue weighted by Gasteiger charge is -2.28. The number of benzene rings is 2. The van der Waals surface area contributed by atoms with Gasteiger partial charge in [-0.05, 0) is 30.7 Å². The Hall–Kier alpha value is -2.62. The second-order valence-corrected chi connectivity index (χ2v) is 12.7.